The maximum Gasteiger partial charge on any atom is 0.416 e. The largest absolute Gasteiger partial charge is 0.416 e. The standard InChI is InChI=1S/C16H18F3N3O3S2/c1-21(8-11-2-4-13(5-3-11)16(17,18)19)10-22-15(26)25-14(20-22)12-6-7-27(23,24)9-12/h2-5,12H,6-10H2,1H3. The van der Waals surface area contributed by atoms with Crippen LogP contribution in [0.15, 0.2) is 28.7 Å². The number of nitrogens with zero attached hydrogens (tertiary/aromatic N) is 3. The first-order valence-corrected chi connectivity index (χ1v) is 10.4. The lowest BCUT2D eigenvalue weighted by molar-refractivity contribution is -0.137. The lowest BCUT2D eigenvalue weighted by atomic mass is 10.1. The Kier molecular flexibility index (Phi) is 5.46. The highest BCUT2D eigenvalue weighted by molar-refractivity contribution is 7.91. The highest BCUT2D eigenvalue weighted by Crippen LogP contribution is 2.29. The van der Waals surface area contributed by atoms with Gasteiger partial charge in [-0.1, -0.05) is 12.1 Å². The fourth-order valence-electron chi connectivity index (χ4n) is 2.96. The number of halogens is 3. The zero-order chi connectivity index (χ0) is 19.8. The Morgan fingerprint density at radius 2 is 2.00 bits per heavy atom. The van der Waals surface area contributed by atoms with Crippen LogP contribution in [0.1, 0.15) is 29.4 Å². The average Bonchev–Trinajstić information content (AvgIpc) is 3.09. The van der Waals surface area contributed by atoms with Crippen LogP contribution in [-0.4, -0.2) is 41.7 Å². The van der Waals surface area contributed by atoms with E-state index in [0.29, 0.717) is 24.4 Å². The molecule has 148 valence electrons. The fraction of sp³-hybridized carbons (Fsp3) is 0.500. The van der Waals surface area contributed by atoms with Crippen molar-refractivity contribution in [3.8, 4) is 0 Å². The first-order valence-electron chi connectivity index (χ1n) is 8.16. The molecule has 0 saturated carbocycles. The molecular formula is C16H18F3N3O3S2. The van der Waals surface area contributed by atoms with E-state index < -0.39 is 21.6 Å². The molecule has 1 aromatic carbocycles. The van der Waals surface area contributed by atoms with Crippen molar-refractivity contribution in [2.45, 2.75) is 31.7 Å². The van der Waals surface area contributed by atoms with Crippen molar-refractivity contribution in [2.75, 3.05) is 18.6 Å². The van der Waals surface area contributed by atoms with Gasteiger partial charge in [0, 0.05) is 6.54 Å². The smallest absolute Gasteiger partial charge is 0.414 e. The minimum Gasteiger partial charge on any atom is -0.414 e. The summed E-state index contributed by atoms with van der Waals surface area (Å²) in [5.74, 6) is 0.131. The van der Waals surface area contributed by atoms with Crippen molar-refractivity contribution >= 4 is 22.1 Å². The van der Waals surface area contributed by atoms with Crippen LogP contribution in [0.3, 0.4) is 0 Å². The van der Waals surface area contributed by atoms with Crippen molar-refractivity contribution in [1.82, 2.24) is 14.7 Å². The molecule has 0 N–H and O–H groups in total. The number of sulfone groups is 1. The van der Waals surface area contributed by atoms with Gasteiger partial charge in [0.05, 0.1) is 29.7 Å². The zero-order valence-electron chi connectivity index (χ0n) is 14.4. The van der Waals surface area contributed by atoms with Crippen molar-refractivity contribution in [3.05, 3.63) is 46.1 Å². The summed E-state index contributed by atoms with van der Waals surface area (Å²) in [6.07, 6.45) is -3.90. The van der Waals surface area contributed by atoms with Gasteiger partial charge in [0.25, 0.3) is 4.84 Å². The topological polar surface area (TPSA) is 68.3 Å². The highest BCUT2D eigenvalue weighted by atomic mass is 32.2. The molecule has 1 aliphatic rings. The van der Waals surface area contributed by atoms with E-state index in [1.165, 1.54) is 16.8 Å². The van der Waals surface area contributed by atoms with Gasteiger partial charge in [0.2, 0.25) is 5.89 Å². The summed E-state index contributed by atoms with van der Waals surface area (Å²) in [4.78, 5) is 1.95. The summed E-state index contributed by atoms with van der Waals surface area (Å²) in [7, 11) is -1.29. The van der Waals surface area contributed by atoms with Crippen molar-refractivity contribution in [1.29, 1.82) is 0 Å². The van der Waals surface area contributed by atoms with Crippen molar-refractivity contribution in [2.24, 2.45) is 0 Å². The Balaban J connectivity index is 1.64. The van der Waals surface area contributed by atoms with Crippen LogP contribution >= 0.6 is 12.2 Å². The van der Waals surface area contributed by atoms with Gasteiger partial charge in [-0.25, -0.2) is 13.1 Å². The van der Waals surface area contributed by atoms with Gasteiger partial charge in [0.15, 0.2) is 9.84 Å². The molecule has 2 heterocycles. The molecule has 1 atom stereocenters. The summed E-state index contributed by atoms with van der Waals surface area (Å²) in [6.45, 7) is 0.655. The SMILES string of the molecule is CN(Cc1ccc(C(F)(F)F)cc1)Cn1nc(C2CCS(=O)(=O)C2)oc1=S. The van der Waals surface area contributed by atoms with Gasteiger partial charge in [0.1, 0.15) is 0 Å². The Bertz CT molecular complexity index is 965. The molecule has 6 nitrogen and oxygen atoms in total. The van der Waals surface area contributed by atoms with E-state index >= 15 is 0 Å². The number of hydrogen-bond donors (Lipinski definition) is 0. The van der Waals surface area contributed by atoms with Gasteiger partial charge >= 0.3 is 6.18 Å². The molecule has 2 aromatic rings. The number of rotatable bonds is 5. The Morgan fingerprint density at radius 3 is 2.56 bits per heavy atom. The molecule has 11 heteroatoms. The van der Waals surface area contributed by atoms with Crippen molar-refractivity contribution < 1.29 is 26.0 Å². The molecule has 1 aliphatic heterocycles. The van der Waals surface area contributed by atoms with E-state index in [4.69, 9.17) is 16.6 Å². The maximum atomic E-state index is 12.6. The number of benzene rings is 1. The van der Waals surface area contributed by atoms with Gasteiger partial charge in [-0.15, -0.1) is 5.10 Å². The van der Waals surface area contributed by atoms with E-state index in [1.807, 2.05) is 4.90 Å². The molecule has 1 fully saturated rings. The number of hydrogen-bond acceptors (Lipinski definition) is 6. The summed E-state index contributed by atoms with van der Waals surface area (Å²) in [5, 5.41) is 4.28. The van der Waals surface area contributed by atoms with Crippen LogP contribution in [0.2, 0.25) is 0 Å². The first kappa shape index (κ1) is 20.0. The Labute approximate surface area is 159 Å². The monoisotopic (exact) mass is 421 g/mol. The minimum absolute atomic E-state index is 0.00365. The lowest BCUT2D eigenvalue weighted by Crippen LogP contribution is -2.22. The number of alkyl halides is 3. The molecule has 0 aliphatic carbocycles. The number of aromatic nitrogens is 2. The highest BCUT2D eigenvalue weighted by Gasteiger charge is 2.33. The maximum absolute atomic E-state index is 12.6. The molecule has 0 radical (unpaired) electrons. The zero-order valence-corrected chi connectivity index (χ0v) is 16.1. The van der Waals surface area contributed by atoms with Crippen LogP contribution in [0.5, 0.6) is 0 Å². The van der Waals surface area contributed by atoms with Gasteiger partial charge < -0.3 is 4.42 Å². The molecule has 1 aromatic heterocycles. The molecule has 0 amide bonds. The normalized spacial score (nSPS) is 19.7. The average molecular weight is 421 g/mol. The summed E-state index contributed by atoms with van der Waals surface area (Å²) in [6, 6.07) is 4.94. The third-order valence-corrected chi connectivity index (χ3v) is 6.37. The second kappa shape index (κ2) is 7.36. The van der Waals surface area contributed by atoms with Gasteiger partial charge in [-0.3, -0.25) is 4.90 Å². The van der Waals surface area contributed by atoms with E-state index in [2.05, 4.69) is 5.10 Å². The predicted molar refractivity (Wildman–Crippen MR) is 94.2 cm³/mol. The lowest BCUT2D eigenvalue weighted by Gasteiger charge is -2.16. The van der Waals surface area contributed by atoms with Crippen LogP contribution in [0, 0.1) is 4.84 Å². The summed E-state index contributed by atoms with van der Waals surface area (Å²) >= 11 is 5.14. The molecule has 0 spiro atoms. The second-order valence-corrected chi connectivity index (χ2v) is 9.23. The molecular weight excluding hydrogens is 403 g/mol. The van der Waals surface area contributed by atoms with Crippen LogP contribution in [0.25, 0.3) is 0 Å². The molecule has 1 saturated heterocycles. The Hall–Kier alpha value is -1.72. The molecule has 0 bridgehead atoms. The fourth-order valence-corrected chi connectivity index (χ4v) is 4.87. The molecule has 27 heavy (non-hydrogen) atoms. The van der Waals surface area contributed by atoms with Crippen molar-refractivity contribution in [3.63, 3.8) is 0 Å². The molecule has 3 rings (SSSR count). The van der Waals surface area contributed by atoms with E-state index in [0.717, 1.165) is 12.1 Å². The van der Waals surface area contributed by atoms with Gasteiger partial charge in [-0.05, 0) is 43.4 Å². The quantitative estimate of drug-likeness (QED) is 0.691. The Morgan fingerprint density at radius 1 is 1.33 bits per heavy atom. The molecule has 1 unspecified atom stereocenters. The van der Waals surface area contributed by atoms with E-state index in [1.54, 1.807) is 7.05 Å². The summed E-state index contributed by atoms with van der Waals surface area (Å²) < 4.78 is 67.9. The first-order chi connectivity index (χ1) is 12.5. The summed E-state index contributed by atoms with van der Waals surface area (Å²) in [5.41, 5.74) is 0.0198. The van der Waals surface area contributed by atoms with Gasteiger partial charge in [-0.2, -0.15) is 13.2 Å². The van der Waals surface area contributed by atoms with Crippen LogP contribution < -0.4 is 0 Å². The third kappa shape index (κ3) is 4.96. The third-order valence-electron chi connectivity index (χ3n) is 4.31. The minimum atomic E-state index is -4.36. The second-order valence-electron chi connectivity index (χ2n) is 6.66. The van der Waals surface area contributed by atoms with Crippen LogP contribution in [-0.2, 0) is 29.2 Å². The van der Waals surface area contributed by atoms with Crippen LogP contribution in [0.4, 0.5) is 13.2 Å². The van der Waals surface area contributed by atoms with E-state index in [9.17, 15) is 21.6 Å². The van der Waals surface area contributed by atoms with E-state index in [-0.39, 0.29) is 28.9 Å². The predicted octanol–water partition coefficient (Wildman–Crippen LogP) is 3.22.